The van der Waals surface area contributed by atoms with E-state index in [0.717, 1.165) is 0 Å². The molecule has 0 aliphatic carbocycles. The summed E-state index contributed by atoms with van der Waals surface area (Å²) < 4.78 is 15.6. The molecule has 1 N–H and O–H groups in total. The number of rotatable bonds is 5. The fourth-order valence-corrected chi connectivity index (χ4v) is 2.34. The molecule has 7 heteroatoms. The van der Waals surface area contributed by atoms with Gasteiger partial charge >= 0.3 is 0 Å². The Hall–Kier alpha value is -2.11. The molecule has 0 spiro atoms. The van der Waals surface area contributed by atoms with Crippen molar-refractivity contribution in [1.29, 1.82) is 0 Å². The first kappa shape index (κ1) is 17.2. The van der Waals surface area contributed by atoms with E-state index in [4.69, 9.17) is 37.4 Å². The lowest BCUT2D eigenvalue weighted by Gasteiger charge is -2.14. The molecule has 1 amide bonds. The van der Waals surface area contributed by atoms with Gasteiger partial charge in [-0.15, -0.1) is 0 Å². The summed E-state index contributed by atoms with van der Waals surface area (Å²) in [5.74, 6) is 0.808. The van der Waals surface area contributed by atoms with Crippen LogP contribution in [-0.4, -0.2) is 27.2 Å². The number of hydrogen-bond donors (Lipinski definition) is 1. The van der Waals surface area contributed by atoms with Crippen molar-refractivity contribution in [2.75, 3.05) is 26.6 Å². The smallest absolute Gasteiger partial charge is 0.259 e. The Labute approximate surface area is 144 Å². The maximum absolute atomic E-state index is 12.5. The lowest BCUT2D eigenvalue weighted by atomic mass is 10.1. The first-order valence-electron chi connectivity index (χ1n) is 6.57. The number of anilines is 1. The van der Waals surface area contributed by atoms with Crippen LogP contribution in [0.15, 0.2) is 30.3 Å². The van der Waals surface area contributed by atoms with Gasteiger partial charge in [-0.1, -0.05) is 29.3 Å². The van der Waals surface area contributed by atoms with Gasteiger partial charge in [0.1, 0.15) is 5.75 Å². The number of nitrogens with one attached hydrogen (secondary N) is 1. The molecule has 2 rings (SSSR count). The molecule has 0 saturated heterocycles. The van der Waals surface area contributed by atoms with Crippen LogP contribution in [0.3, 0.4) is 0 Å². The van der Waals surface area contributed by atoms with Gasteiger partial charge in [-0.05, 0) is 12.1 Å². The van der Waals surface area contributed by atoms with E-state index < -0.39 is 5.91 Å². The average molecular weight is 356 g/mol. The second-order valence-corrected chi connectivity index (χ2v) is 5.25. The number of hydrogen-bond acceptors (Lipinski definition) is 4. The van der Waals surface area contributed by atoms with Gasteiger partial charge in [-0.25, -0.2) is 0 Å². The molecule has 0 aliphatic heterocycles. The first-order valence-corrected chi connectivity index (χ1v) is 7.32. The highest BCUT2D eigenvalue weighted by Crippen LogP contribution is 2.36. The molecule has 23 heavy (non-hydrogen) atoms. The summed E-state index contributed by atoms with van der Waals surface area (Å²) in [6.07, 6.45) is 0. The number of halogens is 2. The fourth-order valence-electron chi connectivity index (χ4n) is 2.00. The van der Waals surface area contributed by atoms with Crippen LogP contribution in [0.4, 0.5) is 5.69 Å². The summed E-state index contributed by atoms with van der Waals surface area (Å²) in [6, 6.07) is 8.09. The third-order valence-corrected chi connectivity index (χ3v) is 3.97. The van der Waals surface area contributed by atoms with E-state index >= 15 is 0 Å². The minimum atomic E-state index is -0.410. The van der Waals surface area contributed by atoms with Crippen molar-refractivity contribution >= 4 is 34.8 Å². The van der Waals surface area contributed by atoms with Crippen molar-refractivity contribution in [2.24, 2.45) is 0 Å². The molecule has 0 radical (unpaired) electrons. The normalized spacial score (nSPS) is 10.1. The lowest BCUT2D eigenvalue weighted by molar-refractivity contribution is 0.102. The zero-order valence-electron chi connectivity index (χ0n) is 12.8. The van der Waals surface area contributed by atoms with Crippen LogP contribution in [0, 0.1) is 0 Å². The Morgan fingerprint density at radius 3 is 2.17 bits per heavy atom. The largest absolute Gasteiger partial charge is 0.496 e. The zero-order chi connectivity index (χ0) is 17.0. The van der Waals surface area contributed by atoms with E-state index in [-0.39, 0.29) is 10.6 Å². The summed E-state index contributed by atoms with van der Waals surface area (Å²) in [4.78, 5) is 12.5. The van der Waals surface area contributed by atoms with Crippen molar-refractivity contribution in [3.63, 3.8) is 0 Å². The summed E-state index contributed by atoms with van der Waals surface area (Å²) >= 11 is 12.0. The van der Waals surface area contributed by atoms with Crippen LogP contribution in [0.1, 0.15) is 10.4 Å². The number of ether oxygens (including phenoxy) is 3. The van der Waals surface area contributed by atoms with Gasteiger partial charge in [0.15, 0.2) is 11.5 Å². The highest BCUT2D eigenvalue weighted by Gasteiger charge is 2.19. The van der Waals surface area contributed by atoms with Gasteiger partial charge in [0.25, 0.3) is 5.91 Å². The predicted molar refractivity (Wildman–Crippen MR) is 90.5 cm³/mol. The topological polar surface area (TPSA) is 56.8 Å². The summed E-state index contributed by atoms with van der Waals surface area (Å²) in [5.41, 5.74) is 0.683. The highest BCUT2D eigenvalue weighted by molar-refractivity contribution is 6.44. The van der Waals surface area contributed by atoms with Crippen molar-refractivity contribution in [2.45, 2.75) is 0 Å². The van der Waals surface area contributed by atoms with Crippen LogP contribution < -0.4 is 19.5 Å². The maximum atomic E-state index is 12.5. The molecule has 0 aliphatic rings. The molecular weight excluding hydrogens is 341 g/mol. The van der Waals surface area contributed by atoms with E-state index in [1.165, 1.54) is 27.4 Å². The van der Waals surface area contributed by atoms with Gasteiger partial charge in [0.2, 0.25) is 0 Å². The minimum Gasteiger partial charge on any atom is -0.496 e. The Bertz CT molecular complexity index is 734. The van der Waals surface area contributed by atoms with E-state index in [0.29, 0.717) is 28.0 Å². The Balaban J connectivity index is 2.40. The van der Waals surface area contributed by atoms with Crippen molar-refractivity contribution < 1.29 is 19.0 Å². The first-order chi connectivity index (χ1) is 11.0. The van der Waals surface area contributed by atoms with Crippen LogP contribution in [0.5, 0.6) is 17.2 Å². The molecule has 0 aromatic heterocycles. The number of methoxy groups -OCH3 is 3. The Morgan fingerprint density at radius 1 is 0.957 bits per heavy atom. The molecule has 0 saturated carbocycles. The molecular formula is C16H15Cl2NO4. The molecule has 0 fully saturated rings. The third-order valence-electron chi connectivity index (χ3n) is 3.15. The van der Waals surface area contributed by atoms with Gasteiger partial charge in [-0.2, -0.15) is 0 Å². The van der Waals surface area contributed by atoms with E-state index in [2.05, 4.69) is 5.32 Å². The van der Waals surface area contributed by atoms with Crippen LogP contribution in [-0.2, 0) is 0 Å². The quantitative estimate of drug-likeness (QED) is 0.869. The second-order valence-electron chi connectivity index (χ2n) is 4.46. The number of carbonyl (C=O) groups excluding carboxylic acids is 1. The average Bonchev–Trinajstić information content (AvgIpc) is 2.57. The molecule has 5 nitrogen and oxygen atoms in total. The molecule has 0 atom stereocenters. The summed E-state index contributed by atoms with van der Waals surface area (Å²) in [5, 5.41) is 3.32. The number of amides is 1. The van der Waals surface area contributed by atoms with Crippen molar-refractivity contribution in [3.8, 4) is 17.2 Å². The standard InChI is InChI=1S/C16H15Cl2NO4/c1-21-12-8-14(23-3)13(22-2)7-9(12)16(20)19-11-6-4-5-10(17)15(11)18/h4-8H,1-3H3,(H,19,20). The van der Waals surface area contributed by atoms with Gasteiger partial charge < -0.3 is 19.5 Å². The minimum absolute atomic E-state index is 0.266. The maximum Gasteiger partial charge on any atom is 0.259 e. The molecule has 2 aromatic rings. The predicted octanol–water partition coefficient (Wildman–Crippen LogP) is 4.27. The zero-order valence-corrected chi connectivity index (χ0v) is 14.3. The van der Waals surface area contributed by atoms with Gasteiger partial charge in [-0.3, -0.25) is 4.79 Å². The van der Waals surface area contributed by atoms with Crippen LogP contribution in [0.25, 0.3) is 0 Å². The van der Waals surface area contributed by atoms with Crippen LogP contribution in [0.2, 0.25) is 10.0 Å². The highest BCUT2D eigenvalue weighted by atomic mass is 35.5. The van der Waals surface area contributed by atoms with Crippen molar-refractivity contribution in [1.82, 2.24) is 0 Å². The molecule has 2 aromatic carbocycles. The van der Waals surface area contributed by atoms with E-state index in [9.17, 15) is 4.79 Å². The molecule has 0 bridgehead atoms. The fraction of sp³-hybridized carbons (Fsp3) is 0.188. The lowest BCUT2D eigenvalue weighted by Crippen LogP contribution is -2.14. The SMILES string of the molecule is COc1cc(OC)c(C(=O)Nc2cccc(Cl)c2Cl)cc1OC. The molecule has 0 heterocycles. The second kappa shape index (κ2) is 7.44. The molecule has 122 valence electrons. The Morgan fingerprint density at radius 2 is 1.57 bits per heavy atom. The summed E-state index contributed by atoms with van der Waals surface area (Å²) in [6.45, 7) is 0. The Kier molecular flexibility index (Phi) is 5.58. The third kappa shape index (κ3) is 3.63. The van der Waals surface area contributed by atoms with Gasteiger partial charge in [0, 0.05) is 12.1 Å². The molecule has 0 unspecified atom stereocenters. The number of carbonyl (C=O) groups is 1. The summed E-state index contributed by atoms with van der Waals surface area (Å²) in [7, 11) is 4.45. The van der Waals surface area contributed by atoms with E-state index in [1.807, 2.05) is 0 Å². The van der Waals surface area contributed by atoms with Crippen molar-refractivity contribution in [3.05, 3.63) is 45.9 Å². The van der Waals surface area contributed by atoms with E-state index in [1.54, 1.807) is 24.3 Å². The number of benzene rings is 2. The monoisotopic (exact) mass is 355 g/mol. The van der Waals surface area contributed by atoms with Crippen LogP contribution >= 0.6 is 23.2 Å². The van der Waals surface area contributed by atoms with Gasteiger partial charge in [0.05, 0.1) is 42.6 Å².